The number of carbonyl (C=O) groups excluding carboxylic acids is 1. The third-order valence-electron chi connectivity index (χ3n) is 2.20. The summed E-state index contributed by atoms with van der Waals surface area (Å²) in [5.41, 5.74) is 0.224. The maximum absolute atomic E-state index is 11.2. The molecule has 2 heteroatoms. The van der Waals surface area contributed by atoms with Gasteiger partial charge in [-0.25, -0.2) is 0 Å². The Balaban J connectivity index is 2.79. The van der Waals surface area contributed by atoms with Crippen LogP contribution in [0, 0.1) is 11.3 Å². The Labute approximate surface area is 66.9 Å². The number of hydrogen-bond acceptors (Lipinski definition) is 2. The Hall–Kier alpha value is -0.630. The molecule has 1 saturated carbocycles. The molecule has 1 aliphatic carbocycles. The summed E-state index contributed by atoms with van der Waals surface area (Å²) in [7, 11) is 0. The minimum absolute atomic E-state index is 0.0185. The first-order valence-electron chi connectivity index (χ1n) is 3.77. The topological polar surface area (TPSA) is 37.3 Å². The Kier molecular flexibility index (Phi) is 1.67. The Morgan fingerprint density at radius 1 is 1.45 bits per heavy atom. The second-order valence-electron chi connectivity index (χ2n) is 4.18. The van der Waals surface area contributed by atoms with Crippen LogP contribution >= 0.6 is 0 Å². The summed E-state index contributed by atoms with van der Waals surface area (Å²) in [6.45, 7) is 9.34. The van der Waals surface area contributed by atoms with E-state index in [0.717, 1.165) is 0 Å². The Morgan fingerprint density at radius 3 is 2.09 bits per heavy atom. The molecule has 0 heterocycles. The van der Waals surface area contributed by atoms with Crippen molar-refractivity contribution in [1.29, 1.82) is 0 Å². The molecule has 0 aromatic rings. The maximum Gasteiger partial charge on any atom is 0.167 e. The molecule has 0 amide bonds. The number of carbonyl (C=O) groups is 1. The number of ketones is 1. The molecule has 1 rings (SSSR count). The van der Waals surface area contributed by atoms with E-state index >= 15 is 0 Å². The van der Waals surface area contributed by atoms with Gasteiger partial charge < -0.3 is 5.11 Å². The Morgan fingerprint density at radius 2 is 1.91 bits per heavy atom. The highest BCUT2D eigenvalue weighted by Crippen LogP contribution is 2.41. The van der Waals surface area contributed by atoms with E-state index in [1.807, 2.05) is 20.8 Å². The molecule has 1 N–H and O–H groups in total. The molecule has 2 atom stereocenters. The van der Waals surface area contributed by atoms with Gasteiger partial charge in [-0.1, -0.05) is 27.4 Å². The van der Waals surface area contributed by atoms with Gasteiger partial charge in [-0.2, -0.15) is 0 Å². The Bertz CT molecular complexity index is 210. The highest BCUT2D eigenvalue weighted by Gasteiger charge is 2.48. The lowest BCUT2D eigenvalue weighted by Crippen LogP contribution is -2.51. The molecular formula is C9H14O2. The lowest BCUT2D eigenvalue weighted by Gasteiger charge is -2.41. The van der Waals surface area contributed by atoms with Crippen LogP contribution in [-0.4, -0.2) is 17.0 Å². The van der Waals surface area contributed by atoms with Gasteiger partial charge >= 0.3 is 0 Å². The van der Waals surface area contributed by atoms with E-state index in [9.17, 15) is 9.90 Å². The number of aliphatic hydroxyl groups is 1. The average molecular weight is 154 g/mol. The summed E-state index contributed by atoms with van der Waals surface area (Å²) in [6.07, 6.45) is -0.609. The van der Waals surface area contributed by atoms with Crippen molar-refractivity contribution in [2.45, 2.75) is 26.9 Å². The number of hydrogen-bond donors (Lipinski definition) is 1. The molecule has 0 spiro atoms. The smallest absolute Gasteiger partial charge is 0.167 e. The van der Waals surface area contributed by atoms with E-state index in [1.54, 1.807) is 0 Å². The standard InChI is InChI=1S/C9H14O2/c1-5-7(10)6(8(5)11)9(2,3)4/h6-7,10H,1H2,2-4H3. The second kappa shape index (κ2) is 2.18. The molecule has 0 aromatic heterocycles. The van der Waals surface area contributed by atoms with Crippen LogP contribution in [0.3, 0.4) is 0 Å². The third-order valence-corrected chi connectivity index (χ3v) is 2.20. The predicted octanol–water partition coefficient (Wildman–Crippen LogP) is 1.15. The van der Waals surface area contributed by atoms with E-state index in [0.29, 0.717) is 5.57 Å². The van der Waals surface area contributed by atoms with Gasteiger partial charge in [-0.3, -0.25) is 4.79 Å². The van der Waals surface area contributed by atoms with E-state index in [4.69, 9.17) is 0 Å². The summed E-state index contributed by atoms with van der Waals surface area (Å²) in [5, 5.41) is 9.36. The highest BCUT2D eigenvalue weighted by molar-refractivity contribution is 6.05. The van der Waals surface area contributed by atoms with Crippen molar-refractivity contribution >= 4 is 5.78 Å². The third kappa shape index (κ3) is 1.11. The van der Waals surface area contributed by atoms with Crippen LogP contribution < -0.4 is 0 Å². The first-order chi connectivity index (χ1) is 4.85. The van der Waals surface area contributed by atoms with Crippen molar-refractivity contribution in [3.63, 3.8) is 0 Å². The van der Waals surface area contributed by atoms with E-state index < -0.39 is 6.10 Å². The van der Waals surface area contributed by atoms with Crippen molar-refractivity contribution in [3.8, 4) is 0 Å². The van der Waals surface area contributed by atoms with Crippen molar-refractivity contribution in [3.05, 3.63) is 12.2 Å². The molecule has 0 saturated heterocycles. The molecule has 0 radical (unpaired) electrons. The van der Waals surface area contributed by atoms with Crippen LogP contribution in [0.2, 0.25) is 0 Å². The molecule has 11 heavy (non-hydrogen) atoms. The van der Waals surface area contributed by atoms with Crippen molar-refractivity contribution in [2.75, 3.05) is 0 Å². The summed E-state index contributed by atoms with van der Waals surface area (Å²) in [4.78, 5) is 11.2. The van der Waals surface area contributed by atoms with Crippen LogP contribution in [-0.2, 0) is 4.79 Å². The molecule has 1 fully saturated rings. The first-order valence-corrected chi connectivity index (χ1v) is 3.77. The van der Waals surface area contributed by atoms with Gasteiger partial charge in [-0.05, 0) is 5.41 Å². The van der Waals surface area contributed by atoms with Crippen molar-refractivity contribution in [2.24, 2.45) is 11.3 Å². The van der Waals surface area contributed by atoms with Gasteiger partial charge in [0.2, 0.25) is 0 Å². The molecule has 0 bridgehead atoms. The van der Waals surface area contributed by atoms with Crippen LogP contribution in [0.5, 0.6) is 0 Å². The minimum Gasteiger partial charge on any atom is -0.388 e. The van der Waals surface area contributed by atoms with Gasteiger partial charge in [0.1, 0.15) is 0 Å². The molecule has 2 nitrogen and oxygen atoms in total. The quantitative estimate of drug-likeness (QED) is 0.531. The van der Waals surface area contributed by atoms with Gasteiger partial charge in [0.25, 0.3) is 0 Å². The molecule has 0 aromatic carbocycles. The minimum atomic E-state index is -0.609. The summed E-state index contributed by atoms with van der Waals surface area (Å²) in [5.74, 6) is -0.222. The second-order valence-corrected chi connectivity index (χ2v) is 4.18. The monoisotopic (exact) mass is 154 g/mol. The van der Waals surface area contributed by atoms with Gasteiger partial charge in [0.05, 0.1) is 12.0 Å². The fourth-order valence-corrected chi connectivity index (χ4v) is 1.46. The molecule has 0 aliphatic heterocycles. The number of rotatable bonds is 0. The molecular weight excluding hydrogens is 140 g/mol. The fraction of sp³-hybridized carbons (Fsp3) is 0.667. The summed E-state index contributed by atoms with van der Waals surface area (Å²) >= 11 is 0. The van der Waals surface area contributed by atoms with Crippen molar-refractivity contribution < 1.29 is 9.90 Å². The largest absolute Gasteiger partial charge is 0.388 e. The number of Topliss-reactive ketones (excluding diaryl/α,β-unsaturated/α-hetero) is 1. The maximum atomic E-state index is 11.2. The van der Waals surface area contributed by atoms with Crippen LogP contribution in [0.1, 0.15) is 20.8 Å². The lowest BCUT2D eigenvalue weighted by molar-refractivity contribution is -0.136. The lowest BCUT2D eigenvalue weighted by atomic mass is 9.63. The van der Waals surface area contributed by atoms with Gasteiger partial charge in [0, 0.05) is 5.57 Å². The van der Waals surface area contributed by atoms with E-state index in [-0.39, 0.29) is 17.1 Å². The fourth-order valence-electron chi connectivity index (χ4n) is 1.46. The SMILES string of the molecule is C=C1C(=O)C(C(C)(C)C)C1O. The van der Waals surface area contributed by atoms with Crippen LogP contribution in [0.4, 0.5) is 0 Å². The first kappa shape index (κ1) is 8.47. The van der Waals surface area contributed by atoms with Crippen molar-refractivity contribution in [1.82, 2.24) is 0 Å². The molecule has 62 valence electrons. The zero-order valence-electron chi connectivity index (χ0n) is 7.22. The normalized spacial score (nSPS) is 32.0. The highest BCUT2D eigenvalue weighted by atomic mass is 16.3. The average Bonchev–Trinajstić information content (AvgIpc) is 1.85. The van der Waals surface area contributed by atoms with Crippen LogP contribution in [0.25, 0.3) is 0 Å². The van der Waals surface area contributed by atoms with E-state index in [1.165, 1.54) is 0 Å². The van der Waals surface area contributed by atoms with Gasteiger partial charge in [-0.15, -0.1) is 0 Å². The van der Waals surface area contributed by atoms with Gasteiger partial charge in [0.15, 0.2) is 5.78 Å². The zero-order valence-corrected chi connectivity index (χ0v) is 7.22. The summed E-state index contributed by atoms with van der Waals surface area (Å²) < 4.78 is 0. The molecule has 1 aliphatic rings. The number of aliphatic hydroxyl groups excluding tert-OH is 1. The van der Waals surface area contributed by atoms with E-state index in [2.05, 4.69) is 6.58 Å². The van der Waals surface area contributed by atoms with Crippen LogP contribution in [0.15, 0.2) is 12.2 Å². The zero-order chi connectivity index (χ0) is 8.81. The molecule has 2 unspecified atom stereocenters. The summed E-state index contributed by atoms with van der Waals surface area (Å²) in [6, 6.07) is 0. The predicted molar refractivity (Wildman–Crippen MR) is 43.1 cm³/mol.